The molecule has 140 valence electrons. The summed E-state index contributed by atoms with van der Waals surface area (Å²) in [6.45, 7) is 30.2. The average Bonchev–Trinajstić information content (AvgIpc) is 2.21. The lowest BCUT2D eigenvalue weighted by molar-refractivity contribution is -0.0992. The van der Waals surface area contributed by atoms with E-state index in [0.717, 1.165) is 6.42 Å². The van der Waals surface area contributed by atoms with Crippen LogP contribution in [0.3, 0.4) is 0 Å². The van der Waals surface area contributed by atoms with Gasteiger partial charge >= 0.3 is 0 Å². The van der Waals surface area contributed by atoms with Gasteiger partial charge in [-0.25, -0.2) is 0 Å². The van der Waals surface area contributed by atoms with Gasteiger partial charge in [0.1, 0.15) is 0 Å². The maximum Gasteiger partial charge on any atom is 0.0597 e. The van der Waals surface area contributed by atoms with Crippen molar-refractivity contribution >= 4 is 0 Å². The fraction of sp³-hybridized carbons (Fsp3) is 1.00. The fourth-order valence-electron chi connectivity index (χ4n) is 4.67. The first-order valence-electron chi connectivity index (χ1n) is 9.50. The zero-order chi connectivity index (χ0) is 19.1. The number of hydrogen-bond donors (Lipinski definition) is 1. The lowest BCUT2D eigenvalue weighted by Crippen LogP contribution is -2.51. The van der Waals surface area contributed by atoms with Crippen LogP contribution in [0.1, 0.15) is 103 Å². The molecule has 1 heteroatoms. The number of aliphatic hydroxyl groups is 1. The molecule has 0 rings (SSSR count). The van der Waals surface area contributed by atoms with Crippen molar-refractivity contribution in [3.63, 3.8) is 0 Å². The van der Waals surface area contributed by atoms with E-state index in [4.69, 9.17) is 0 Å². The van der Waals surface area contributed by atoms with Crippen molar-refractivity contribution in [2.45, 2.75) is 108 Å². The highest BCUT2D eigenvalue weighted by Crippen LogP contribution is 2.59. The Kier molecular flexibility index (Phi) is 6.68. The predicted octanol–water partition coefficient (Wildman–Crippen LogP) is 6.93. The minimum Gasteiger partial charge on any atom is -0.390 e. The van der Waals surface area contributed by atoms with Crippen LogP contribution in [0, 0.1) is 33.5 Å². The van der Waals surface area contributed by atoms with Crippen LogP contribution in [0.4, 0.5) is 0 Å². The monoisotopic (exact) mass is 326 g/mol. The van der Waals surface area contributed by atoms with E-state index >= 15 is 0 Å². The maximum absolute atomic E-state index is 10.4. The van der Waals surface area contributed by atoms with Crippen LogP contribution >= 0.6 is 0 Å². The Morgan fingerprint density at radius 1 is 0.652 bits per heavy atom. The van der Waals surface area contributed by atoms with Crippen LogP contribution in [0.2, 0.25) is 0 Å². The van der Waals surface area contributed by atoms with Crippen LogP contribution in [-0.4, -0.2) is 10.7 Å². The van der Waals surface area contributed by atoms with Crippen molar-refractivity contribution in [3.8, 4) is 0 Å². The standard InChI is InChI=1S/C22H46O/c1-16(2)14-18(4,5)21(10,11)17(3)22(12,13)19(6,7)15-20(8,9)23/h16-17,23H,14-15H2,1-13H3. The summed E-state index contributed by atoms with van der Waals surface area (Å²) in [7, 11) is 0. The Morgan fingerprint density at radius 2 is 1.00 bits per heavy atom. The van der Waals surface area contributed by atoms with Gasteiger partial charge in [0.2, 0.25) is 0 Å². The summed E-state index contributed by atoms with van der Waals surface area (Å²) in [4.78, 5) is 0. The van der Waals surface area contributed by atoms with E-state index in [-0.39, 0.29) is 21.7 Å². The lowest BCUT2D eigenvalue weighted by Gasteiger charge is -2.57. The Bertz CT molecular complexity index is 377. The molecule has 1 nitrogen and oxygen atoms in total. The second kappa shape index (κ2) is 6.70. The summed E-state index contributed by atoms with van der Waals surface area (Å²) in [5, 5.41) is 10.4. The summed E-state index contributed by atoms with van der Waals surface area (Å²) in [5.41, 5.74) is 0.0684. The van der Waals surface area contributed by atoms with Gasteiger partial charge in [-0.2, -0.15) is 0 Å². The van der Waals surface area contributed by atoms with Crippen molar-refractivity contribution in [1.82, 2.24) is 0 Å². The molecule has 0 heterocycles. The molecule has 0 spiro atoms. The zero-order valence-electron chi connectivity index (χ0n) is 18.5. The molecule has 0 saturated carbocycles. The molecule has 1 N–H and O–H groups in total. The quantitative estimate of drug-likeness (QED) is 0.512. The molecule has 1 unspecified atom stereocenters. The van der Waals surface area contributed by atoms with Gasteiger partial charge < -0.3 is 5.11 Å². The van der Waals surface area contributed by atoms with E-state index < -0.39 is 5.60 Å². The van der Waals surface area contributed by atoms with E-state index in [1.165, 1.54) is 6.42 Å². The second-order valence-electron chi connectivity index (χ2n) is 11.5. The van der Waals surface area contributed by atoms with E-state index in [1.54, 1.807) is 0 Å². The molecule has 23 heavy (non-hydrogen) atoms. The van der Waals surface area contributed by atoms with Crippen LogP contribution in [0.25, 0.3) is 0 Å². The maximum atomic E-state index is 10.4. The zero-order valence-corrected chi connectivity index (χ0v) is 18.5. The normalized spacial score (nSPS) is 16.8. The second-order valence-corrected chi connectivity index (χ2v) is 11.5. The Hall–Kier alpha value is -0.0400. The third-order valence-electron chi connectivity index (χ3n) is 7.45. The van der Waals surface area contributed by atoms with E-state index in [2.05, 4.69) is 76.2 Å². The molecule has 0 aliphatic heterocycles. The van der Waals surface area contributed by atoms with E-state index in [1.807, 2.05) is 13.8 Å². The number of rotatable bonds is 8. The first kappa shape index (κ1) is 23.0. The van der Waals surface area contributed by atoms with E-state index in [9.17, 15) is 5.11 Å². The van der Waals surface area contributed by atoms with Gasteiger partial charge in [-0.3, -0.25) is 0 Å². The molecule has 0 aliphatic rings. The fourth-order valence-corrected chi connectivity index (χ4v) is 4.67. The van der Waals surface area contributed by atoms with Crippen LogP contribution in [-0.2, 0) is 0 Å². The topological polar surface area (TPSA) is 20.2 Å². The summed E-state index contributed by atoms with van der Waals surface area (Å²) < 4.78 is 0. The molecule has 0 bridgehead atoms. The predicted molar refractivity (Wildman–Crippen MR) is 105 cm³/mol. The van der Waals surface area contributed by atoms with Gasteiger partial charge in [0.25, 0.3) is 0 Å². The molecule has 0 amide bonds. The molecule has 0 saturated heterocycles. The van der Waals surface area contributed by atoms with Gasteiger partial charge in [-0.05, 0) is 60.2 Å². The smallest absolute Gasteiger partial charge is 0.0597 e. The van der Waals surface area contributed by atoms with Gasteiger partial charge in [0.15, 0.2) is 0 Å². The molecule has 0 aromatic heterocycles. The third kappa shape index (κ3) is 5.21. The average molecular weight is 327 g/mol. The molecule has 0 fully saturated rings. The molecule has 0 aliphatic carbocycles. The minimum atomic E-state index is -0.627. The third-order valence-corrected chi connectivity index (χ3v) is 7.45. The lowest BCUT2D eigenvalue weighted by atomic mass is 9.48. The van der Waals surface area contributed by atoms with E-state index in [0.29, 0.717) is 11.8 Å². The van der Waals surface area contributed by atoms with Gasteiger partial charge in [-0.15, -0.1) is 0 Å². The largest absolute Gasteiger partial charge is 0.390 e. The van der Waals surface area contributed by atoms with Crippen LogP contribution in [0.15, 0.2) is 0 Å². The Labute approximate surface area is 147 Å². The molecule has 0 aromatic rings. The molecule has 1 atom stereocenters. The van der Waals surface area contributed by atoms with Crippen LogP contribution < -0.4 is 0 Å². The highest BCUT2D eigenvalue weighted by atomic mass is 16.3. The van der Waals surface area contributed by atoms with Gasteiger partial charge in [0, 0.05) is 0 Å². The summed E-state index contributed by atoms with van der Waals surface area (Å²) in [6, 6.07) is 0. The van der Waals surface area contributed by atoms with Crippen molar-refractivity contribution in [2.24, 2.45) is 33.5 Å². The highest BCUT2D eigenvalue weighted by Gasteiger charge is 2.52. The van der Waals surface area contributed by atoms with Crippen molar-refractivity contribution < 1.29 is 5.11 Å². The number of hydrogen-bond acceptors (Lipinski definition) is 1. The van der Waals surface area contributed by atoms with Gasteiger partial charge in [0.05, 0.1) is 5.60 Å². The minimum absolute atomic E-state index is 0.0653. The van der Waals surface area contributed by atoms with Crippen molar-refractivity contribution in [1.29, 1.82) is 0 Å². The highest BCUT2D eigenvalue weighted by molar-refractivity contribution is 5.01. The first-order valence-corrected chi connectivity index (χ1v) is 9.50. The summed E-state index contributed by atoms with van der Waals surface area (Å²) >= 11 is 0. The SMILES string of the molecule is CC(C)CC(C)(C)C(C)(C)C(C)C(C)(C)C(C)(C)CC(C)(C)O. The van der Waals surface area contributed by atoms with Crippen LogP contribution in [0.5, 0.6) is 0 Å². The molecule has 0 radical (unpaired) electrons. The molecular formula is C22H46O. The Morgan fingerprint density at radius 3 is 1.30 bits per heavy atom. The van der Waals surface area contributed by atoms with Gasteiger partial charge in [-0.1, -0.05) is 76.2 Å². The summed E-state index contributed by atoms with van der Waals surface area (Å²) in [5.74, 6) is 1.25. The Balaban J connectivity index is 5.66. The van der Waals surface area contributed by atoms with Crippen molar-refractivity contribution in [3.05, 3.63) is 0 Å². The van der Waals surface area contributed by atoms with Crippen molar-refractivity contribution in [2.75, 3.05) is 0 Å². The first-order chi connectivity index (χ1) is 9.78. The molecule has 0 aromatic carbocycles. The molecular weight excluding hydrogens is 280 g/mol. The summed E-state index contributed by atoms with van der Waals surface area (Å²) in [6.07, 6.45) is 2.06.